The molecule has 2 heteroatoms. The SMILES string of the molecule is Cc1cccc(C)c1CSc1ccc(CO)cc1. The van der Waals surface area contributed by atoms with E-state index in [-0.39, 0.29) is 6.61 Å². The summed E-state index contributed by atoms with van der Waals surface area (Å²) in [5.74, 6) is 0.997. The summed E-state index contributed by atoms with van der Waals surface area (Å²) in [6, 6.07) is 14.5. The third-order valence-corrected chi connectivity index (χ3v) is 4.17. The van der Waals surface area contributed by atoms with Crippen molar-refractivity contribution in [1.29, 1.82) is 0 Å². The zero-order valence-corrected chi connectivity index (χ0v) is 11.6. The zero-order valence-electron chi connectivity index (χ0n) is 10.8. The second kappa shape index (κ2) is 6.07. The van der Waals surface area contributed by atoms with Gasteiger partial charge in [-0.2, -0.15) is 0 Å². The topological polar surface area (TPSA) is 20.2 Å². The van der Waals surface area contributed by atoms with Gasteiger partial charge in [0.25, 0.3) is 0 Å². The maximum absolute atomic E-state index is 9.00. The lowest BCUT2D eigenvalue weighted by molar-refractivity contribution is 0.282. The van der Waals surface area contributed by atoms with Gasteiger partial charge in [0.1, 0.15) is 0 Å². The van der Waals surface area contributed by atoms with Crippen LogP contribution in [0.3, 0.4) is 0 Å². The van der Waals surface area contributed by atoms with E-state index in [0.717, 1.165) is 11.3 Å². The third-order valence-electron chi connectivity index (χ3n) is 3.13. The molecule has 2 rings (SSSR count). The average Bonchev–Trinajstić information content (AvgIpc) is 2.39. The van der Waals surface area contributed by atoms with Crippen molar-refractivity contribution in [2.24, 2.45) is 0 Å². The number of thioether (sulfide) groups is 1. The van der Waals surface area contributed by atoms with Crippen LogP contribution in [0.25, 0.3) is 0 Å². The average molecular weight is 258 g/mol. The van der Waals surface area contributed by atoms with Crippen molar-refractivity contribution in [3.05, 3.63) is 64.7 Å². The monoisotopic (exact) mass is 258 g/mol. The molecule has 0 saturated heterocycles. The van der Waals surface area contributed by atoms with E-state index >= 15 is 0 Å². The van der Waals surface area contributed by atoms with Gasteiger partial charge in [0.05, 0.1) is 6.61 Å². The number of benzene rings is 2. The van der Waals surface area contributed by atoms with Gasteiger partial charge in [-0.1, -0.05) is 30.3 Å². The molecular formula is C16H18OS. The molecule has 0 unspecified atom stereocenters. The zero-order chi connectivity index (χ0) is 13.0. The molecule has 0 aromatic heterocycles. The van der Waals surface area contributed by atoms with Gasteiger partial charge in [-0.15, -0.1) is 11.8 Å². The van der Waals surface area contributed by atoms with Gasteiger partial charge >= 0.3 is 0 Å². The molecule has 94 valence electrons. The van der Waals surface area contributed by atoms with Crippen LogP contribution in [-0.2, 0) is 12.4 Å². The van der Waals surface area contributed by atoms with Crippen LogP contribution in [0.4, 0.5) is 0 Å². The fraction of sp³-hybridized carbons (Fsp3) is 0.250. The van der Waals surface area contributed by atoms with Crippen molar-refractivity contribution in [2.45, 2.75) is 31.1 Å². The fourth-order valence-electron chi connectivity index (χ4n) is 1.92. The van der Waals surface area contributed by atoms with Gasteiger partial charge in [0.2, 0.25) is 0 Å². The summed E-state index contributed by atoms with van der Waals surface area (Å²) >= 11 is 1.84. The van der Waals surface area contributed by atoms with Crippen LogP contribution in [0, 0.1) is 13.8 Å². The van der Waals surface area contributed by atoms with E-state index in [1.54, 1.807) is 0 Å². The van der Waals surface area contributed by atoms with Gasteiger partial charge < -0.3 is 5.11 Å². The number of hydrogen-bond acceptors (Lipinski definition) is 2. The van der Waals surface area contributed by atoms with Crippen molar-refractivity contribution in [3.63, 3.8) is 0 Å². The second-order valence-electron chi connectivity index (χ2n) is 4.46. The first-order valence-electron chi connectivity index (χ1n) is 6.08. The number of aliphatic hydroxyl groups is 1. The standard InChI is InChI=1S/C16H18OS/c1-12-4-3-5-13(2)16(12)11-18-15-8-6-14(10-17)7-9-15/h3-9,17H,10-11H2,1-2H3. The van der Waals surface area contributed by atoms with E-state index in [2.05, 4.69) is 44.2 Å². The molecule has 0 saturated carbocycles. The van der Waals surface area contributed by atoms with E-state index in [4.69, 9.17) is 5.11 Å². The van der Waals surface area contributed by atoms with E-state index in [9.17, 15) is 0 Å². The summed E-state index contributed by atoms with van der Waals surface area (Å²) in [4.78, 5) is 1.25. The van der Waals surface area contributed by atoms with Crippen LogP contribution in [-0.4, -0.2) is 5.11 Å². The molecule has 0 radical (unpaired) electrons. The summed E-state index contributed by atoms with van der Waals surface area (Å²) in [7, 11) is 0. The highest BCUT2D eigenvalue weighted by Crippen LogP contribution is 2.26. The molecule has 1 nitrogen and oxygen atoms in total. The summed E-state index contributed by atoms with van der Waals surface area (Å²) in [6.45, 7) is 4.44. The van der Waals surface area contributed by atoms with Crippen LogP contribution in [0.5, 0.6) is 0 Å². The Morgan fingerprint density at radius 3 is 2.11 bits per heavy atom. The van der Waals surface area contributed by atoms with Gasteiger partial charge in [0.15, 0.2) is 0 Å². The summed E-state index contributed by atoms with van der Waals surface area (Å²) in [5.41, 5.74) is 5.10. The molecule has 0 aliphatic heterocycles. The van der Waals surface area contributed by atoms with Crippen LogP contribution >= 0.6 is 11.8 Å². The smallest absolute Gasteiger partial charge is 0.0681 e. The lowest BCUT2D eigenvalue weighted by atomic mass is 10.1. The highest BCUT2D eigenvalue weighted by molar-refractivity contribution is 7.98. The van der Waals surface area contributed by atoms with Crippen LogP contribution in [0.1, 0.15) is 22.3 Å². The molecule has 0 spiro atoms. The Kier molecular flexibility index (Phi) is 4.45. The molecule has 0 amide bonds. The van der Waals surface area contributed by atoms with E-state index < -0.39 is 0 Å². The molecule has 0 heterocycles. The normalized spacial score (nSPS) is 10.6. The first-order chi connectivity index (χ1) is 8.70. The quantitative estimate of drug-likeness (QED) is 0.834. The Hall–Kier alpha value is -1.25. The predicted molar refractivity (Wildman–Crippen MR) is 77.8 cm³/mol. The first-order valence-corrected chi connectivity index (χ1v) is 7.07. The lowest BCUT2D eigenvalue weighted by Crippen LogP contribution is -1.90. The first kappa shape index (κ1) is 13.2. The Morgan fingerprint density at radius 2 is 1.56 bits per heavy atom. The number of aryl methyl sites for hydroxylation is 2. The Labute approximate surface area is 113 Å². The van der Waals surface area contributed by atoms with Crippen molar-refractivity contribution >= 4 is 11.8 Å². The van der Waals surface area contributed by atoms with Crippen LogP contribution in [0.2, 0.25) is 0 Å². The summed E-state index contributed by atoms with van der Waals surface area (Å²) in [5, 5.41) is 9.00. The third kappa shape index (κ3) is 3.15. The van der Waals surface area contributed by atoms with Gasteiger partial charge in [0, 0.05) is 10.6 Å². The largest absolute Gasteiger partial charge is 0.392 e. The molecule has 1 N–H and O–H groups in total. The molecule has 0 atom stereocenters. The van der Waals surface area contributed by atoms with Gasteiger partial charge in [-0.05, 0) is 48.2 Å². The van der Waals surface area contributed by atoms with E-state index in [1.165, 1.54) is 21.6 Å². The number of hydrogen-bond donors (Lipinski definition) is 1. The minimum Gasteiger partial charge on any atom is -0.392 e. The van der Waals surface area contributed by atoms with E-state index in [0.29, 0.717) is 0 Å². The van der Waals surface area contributed by atoms with Crippen molar-refractivity contribution in [3.8, 4) is 0 Å². The molecule has 2 aromatic rings. The highest BCUT2D eigenvalue weighted by Gasteiger charge is 2.03. The second-order valence-corrected chi connectivity index (χ2v) is 5.51. The highest BCUT2D eigenvalue weighted by atomic mass is 32.2. The fourth-order valence-corrected chi connectivity index (χ4v) is 3.02. The minimum absolute atomic E-state index is 0.113. The summed E-state index contributed by atoms with van der Waals surface area (Å²) < 4.78 is 0. The summed E-state index contributed by atoms with van der Waals surface area (Å²) in [6.07, 6.45) is 0. The van der Waals surface area contributed by atoms with E-state index in [1.807, 2.05) is 23.9 Å². The molecule has 0 fully saturated rings. The van der Waals surface area contributed by atoms with Crippen molar-refractivity contribution in [2.75, 3.05) is 0 Å². The lowest BCUT2D eigenvalue weighted by Gasteiger charge is -2.09. The van der Waals surface area contributed by atoms with Crippen molar-refractivity contribution in [1.82, 2.24) is 0 Å². The molecule has 0 aliphatic carbocycles. The molecule has 0 bridgehead atoms. The molecular weight excluding hydrogens is 240 g/mol. The van der Waals surface area contributed by atoms with Gasteiger partial charge in [-0.25, -0.2) is 0 Å². The Morgan fingerprint density at radius 1 is 0.944 bits per heavy atom. The maximum Gasteiger partial charge on any atom is 0.0681 e. The Balaban J connectivity index is 2.06. The molecule has 18 heavy (non-hydrogen) atoms. The van der Waals surface area contributed by atoms with Crippen LogP contribution < -0.4 is 0 Å². The maximum atomic E-state index is 9.00. The predicted octanol–water partition coefficient (Wildman–Crippen LogP) is 4.09. The van der Waals surface area contributed by atoms with Crippen molar-refractivity contribution < 1.29 is 5.11 Å². The molecule has 0 aliphatic rings. The Bertz CT molecular complexity index is 497. The minimum atomic E-state index is 0.113. The van der Waals surface area contributed by atoms with Gasteiger partial charge in [-0.3, -0.25) is 0 Å². The molecule has 2 aromatic carbocycles. The number of rotatable bonds is 4. The van der Waals surface area contributed by atoms with Crippen LogP contribution in [0.15, 0.2) is 47.4 Å². The number of aliphatic hydroxyl groups excluding tert-OH is 1.